The number of rotatable bonds is 6. The van der Waals surface area contributed by atoms with Crippen LogP contribution in [0.15, 0.2) is 23.2 Å². The van der Waals surface area contributed by atoms with Crippen molar-refractivity contribution >= 4 is 29.9 Å². The Morgan fingerprint density at radius 2 is 2.04 bits per heavy atom. The van der Waals surface area contributed by atoms with Crippen molar-refractivity contribution in [3.05, 3.63) is 29.6 Å². The van der Waals surface area contributed by atoms with Gasteiger partial charge in [-0.15, -0.1) is 24.0 Å². The van der Waals surface area contributed by atoms with Crippen molar-refractivity contribution < 1.29 is 9.13 Å². The third-order valence-corrected chi connectivity index (χ3v) is 4.58. The maximum Gasteiger partial charge on any atom is 0.191 e. The van der Waals surface area contributed by atoms with Gasteiger partial charge in [-0.05, 0) is 51.3 Å². The number of hydrogen-bond acceptors (Lipinski definition) is 3. The van der Waals surface area contributed by atoms with E-state index in [-0.39, 0.29) is 29.8 Å². The van der Waals surface area contributed by atoms with Gasteiger partial charge in [0.1, 0.15) is 0 Å². The van der Waals surface area contributed by atoms with Crippen LogP contribution in [0.3, 0.4) is 0 Å². The van der Waals surface area contributed by atoms with Crippen molar-refractivity contribution in [1.29, 1.82) is 0 Å². The van der Waals surface area contributed by atoms with E-state index >= 15 is 0 Å². The molecule has 1 fully saturated rings. The van der Waals surface area contributed by atoms with Crippen LogP contribution in [0, 0.1) is 5.82 Å². The van der Waals surface area contributed by atoms with Crippen molar-refractivity contribution in [2.24, 2.45) is 4.99 Å². The molecule has 26 heavy (non-hydrogen) atoms. The van der Waals surface area contributed by atoms with E-state index < -0.39 is 0 Å². The van der Waals surface area contributed by atoms with Gasteiger partial charge in [-0.3, -0.25) is 4.99 Å². The van der Waals surface area contributed by atoms with Gasteiger partial charge in [0.25, 0.3) is 0 Å². The lowest BCUT2D eigenvalue weighted by molar-refractivity contribution is 0.167. The zero-order chi connectivity index (χ0) is 18.2. The lowest BCUT2D eigenvalue weighted by atomic mass is 10.0. The second kappa shape index (κ2) is 11.6. The molecule has 0 saturated carbocycles. The molecule has 2 rings (SSSR count). The summed E-state index contributed by atoms with van der Waals surface area (Å²) in [5.41, 5.74) is 0.860. The number of benzene rings is 1. The normalized spacial score (nSPS) is 16.3. The maximum atomic E-state index is 13.9. The summed E-state index contributed by atoms with van der Waals surface area (Å²) < 4.78 is 19.1. The molecule has 0 amide bonds. The van der Waals surface area contributed by atoms with Crippen molar-refractivity contribution in [2.45, 2.75) is 52.2 Å². The Morgan fingerprint density at radius 1 is 1.35 bits per heavy atom. The molecule has 2 N–H and O–H groups in total. The fourth-order valence-corrected chi connectivity index (χ4v) is 3.06. The smallest absolute Gasteiger partial charge is 0.191 e. The van der Waals surface area contributed by atoms with E-state index in [1.54, 1.807) is 13.1 Å². The van der Waals surface area contributed by atoms with Gasteiger partial charge in [0.15, 0.2) is 17.5 Å². The van der Waals surface area contributed by atoms with E-state index in [2.05, 4.69) is 34.4 Å². The van der Waals surface area contributed by atoms with Gasteiger partial charge in [0.2, 0.25) is 0 Å². The first-order valence-corrected chi connectivity index (χ1v) is 9.16. The first kappa shape index (κ1) is 23.0. The Kier molecular flexibility index (Phi) is 10.2. The summed E-state index contributed by atoms with van der Waals surface area (Å²) in [6.07, 6.45) is 2.22. The highest BCUT2D eigenvalue weighted by Crippen LogP contribution is 2.18. The molecule has 1 aliphatic heterocycles. The minimum absolute atomic E-state index is 0. The van der Waals surface area contributed by atoms with Crippen LogP contribution in [0.5, 0.6) is 5.75 Å². The molecule has 0 radical (unpaired) electrons. The number of likely N-dealkylation sites (tertiary alicyclic amines) is 1. The van der Waals surface area contributed by atoms with Gasteiger partial charge < -0.3 is 20.3 Å². The Morgan fingerprint density at radius 3 is 2.58 bits per heavy atom. The molecule has 1 heterocycles. The van der Waals surface area contributed by atoms with Crippen LogP contribution in [0.1, 0.15) is 39.2 Å². The highest BCUT2D eigenvalue weighted by molar-refractivity contribution is 14.0. The summed E-state index contributed by atoms with van der Waals surface area (Å²) >= 11 is 0. The predicted molar refractivity (Wildman–Crippen MR) is 116 cm³/mol. The molecule has 1 saturated heterocycles. The van der Waals surface area contributed by atoms with Gasteiger partial charge in [0, 0.05) is 38.8 Å². The monoisotopic (exact) mass is 478 g/mol. The number of nitrogens with zero attached hydrogens (tertiary/aromatic N) is 2. The minimum Gasteiger partial charge on any atom is -0.491 e. The predicted octanol–water partition coefficient (Wildman–Crippen LogP) is 3.38. The lowest BCUT2D eigenvalue weighted by Crippen LogP contribution is -2.49. The topological polar surface area (TPSA) is 48.9 Å². The summed E-state index contributed by atoms with van der Waals surface area (Å²) in [6, 6.07) is 6.08. The number of guanidine groups is 1. The van der Waals surface area contributed by atoms with E-state index in [1.807, 2.05) is 13.0 Å². The Labute approximate surface area is 173 Å². The molecule has 5 nitrogen and oxygen atoms in total. The summed E-state index contributed by atoms with van der Waals surface area (Å²) in [5, 5.41) is 6.74. The molecule has 0 bridgehead atoms. The quantitative estimate of drug-likeness (QED) is 0.374. The Hall–Kier alpha value is -1.09. The van der Waals surface area contributed by atoms with Crippen LogP contribution in [0.25, 0.3) is 0 Å². The highest BCUT2D eigenvalue weighted by Gasteiger charge is 2.21. The molecule has 0 aliphatic carbocycles. The Bertz CT molecular complexity index is 575. The molecule has 1 aromatic rings. The third kappa shape index (κ3) is 6.90. The Balaban J connectivity index is 0.00000338. The van der Waals surface area contributed by atoms with Crippen LogP contribution in [0.4, 0.5) is 4.39 Å². The van der Waals surface area contributed by atoms with Crippen LogP contribution < -0.4 is 15.4 Å². The molecule has 148 valence electrons. The SMILES string of the molecule is CCOc1ccc(CNC(=NC)NC2CCN(C(C)C)CC2)cc1F.I. The van der Waals surface area contributed by atoms with Gasteiger partial charge in [0.05, 0.1) is 6.61 Å². The number of ether oxygens (including phenoxy) is 1. The standard InChI is InChI=1S/C19H31FN4O.HI/c1-5-25-18-7-6-15(12-17(18)20)13-22-19(21-4)23-16-8-10-24(11-9-16)14(2)3;/h6-7,12,14,16H,5,8-11,13H2,1-4H3,(H2,21,22,23);1H. The van der Waals surface area contributed by atoms with E-state index in [4.69, 9.17) is 4.74 Å². The van der Waals surface area contributed by atoms with Crippen LogP contribution in [0.2, 0.25) is 0 Å². The zero-order valence-electron chi connectivity index (χ0n) is 16.2. The van der Waals surface area contributed by atoms with Crippen LogP contribution >= 0.6 is 24.0 Å². The molecule has 1 aromatic carbocycles. The molecule has 7 heteroatoms. The van der Waals surface area contributed by atoms with Gasteiger partial charge >= 0.3 is 0 Å². The maximum absolute atomic E-state index is 13.9. The number of aliphatic imine (C=N–C) groups is 1. The van der Waals surface area contributed by atoms with E-state index in [9.17, 15) is 4.39 Å². The van der Waals surface area contributed by atoms with Crippen molar-refractivity contribution in [2.75, 3.05) is 26.7 Å². The van der Waals surface area contributed by atoms with Crippen molar-refractivity contribution in [3.8, 4) is 5.75 Å². The number of hydrogen-bond donors (Lipinski definition) is 2. The summed E-state index contributed by atoms with van der Waals surface area (Å²) in [7, 11) is 1.76. The average molecular weight is 478 g/mol. The van der Waals surface area contributed by atoms with Gasteiger partial charge in [-0.1, -0.05) is 6.07 Å². The molecule has 0 atom stereocenters. The highest BCUT2D eigenvalue weighted by atomic mass is 127. The number of halogens is 2. The number of nitrogens with one attached hydrogen (secondary N) is 2. The minimum atomic E-state index is -0.329. The van der Waals surface area contributed by atoms with E-state index in [0.29, 0.717) is 31.0 Å². The molecule has 0 unspecified atom stereocenters. The summed E-state index contributed by atoms with van der Waals surface area (Å²) in [5.74, 6) is 0.730. The summed E-state index contributed by atoms with van der Waals surface area (Å²) in [6.45, 7) is 9.52. The fourth-order valence-electron chi connectivity index (χ4n) is 3.06. The van der Waals surface area contributed by atoms with E-state index in [1.165, 1.54) is 6.07 Å². The van der Waals surface area contributed by atoms with Gasteiger partial charge in [-0.2, -0.15) is 0 Å². The molecule has 1 aliphatic rings. The first-order chi connectivity index (χ1) is 12.0. The summed E-state index contributed by atoms with van der Waals surface area (Å²) in [4.78, 5) is 6.78. The average Bonchev–Trinajstić information content (AvgIpc) is 2.61. The second-order valence-electron chi connectivity index (χ2n) is 6.67. The number of piperidine rings is 1. The zero-order valence-corrected chi connectivity index (χ0v) is 18.5. The third-order valence-electron chi connectivity index (χ3n) is 4.58. The second-order valence-corrected chi connectivity index (χ2v) is 6.67. The largest absolute Gasteiger partial charge is 0.491 e. The van der Waals surface area contributed by atoms with Crippen LogP contribution in [-0.2, 0) is 6.54 Å². The molecular weight excluding hydrogens is 446 g/mol. The molecular formula is C19H32FIN4O. The first-order valence-electron chi connectivity index (χ1n) is 9.16. The van der Waals surface area contributed by atoms with E-state index in [0.717, 1.165) is 37.5 Å². The van der Waals surface area contributed by atoms with Gasteiger partial charge in [-0.25, -0.2) is 4.39 Å². The molecule has 0 spiro atoms. The van der Waals surface area contributed by atoms with Crippen molar-refractivity contribution in [3.63, 3.8) is 0 Å². The fraction of sp³-hybridized carbons (Fsp3) is 0.632. The molecule has 0 aromatic heterocycles. The van der Waals surface area contributed by atoms with Crippen LogP contribution in [-0.4, -0.2) is 49.7 Å². The van der Waals surface area contributed by atoms with Crippen molar-refractivity contribution in [1.82, 2.24) is 15.5 Å². The lowest BCUT2D eigenvalue weighted by Gasteiger charge is -2.35.